The van der Waals surface area contributed by atoms with Crippen LogP contribution in [0.5, 0.6) is 0 Å². The lowest BCUT2D eigenvalue weighted by molar-refractivity contribution is -0.348. The highest BCUT2D eigenvalue weighted by Gasteiger charge is 2.73. The van der Waals surface area contributed by atoms with Gasteiger partial charge in [0, 0.05) is 22.6 Å². The van der Waals surface area contributed by atoms with Crippen molar-refractivity contribution in [2.24, 2.45) is 0 Å². The van der Waals surface area contributed by atoms with Crippen molar-refractivity contribution in [3.8, 4) is 0 Å². The third kappa shape index (κ3) is 5.71. The number of anilines is 3. The van der Waals surface area contributed by atoms with Crippen LogP contribution in [-0.4, -0.2) is 24.3 Å². The van der Waals surface area contributed by atoms with Gasteiger partial charge in [0.25, 0.3) is 5.91 Å². The molecule has 0 aliphatic heterocycles. The minimum absolute atomic E-state index is 0.137. The number of carbonyl (C=O) groups is 2. The van der Waals surface area contributed by atoms with Crippen LogP contribution >= 0.6 is 0 Å². The third-order valence-corrected chi connectivity index (χ3v) is 5.45. The first-order chi connectivity index (χ1) is 17.5. The molecule has 5 nitrogen and oxygen atoms in total. The number of amides is 3. The predicted molar refractivity (Wildman–Crippen MR) is 124 cm³/mol. The quantitative estimate of drug-likeness (QED) is 0.289. The minimum atomic E-state index is -6.27. The smallest absolute Gasteiger partial charge is 0.322 e. The molecule has 3 N–H and O–H groups in total. The maximum Gasteiger partial charge on any atom is 0.435 e. The average molecular weight is 545 g/mol. The van der Waals surface area contributed by atoms with E-state index in [-0.39, 0.29) is 33.8 Å². The molecule has 0 saturated carbocycles. The van der Waals surface area contributed by atoms with E-state index < -0.39 is 41.3 Å². The van der Waals surface area contributed by atoms with Crippen LogP contribution in [0.1, 0.15) is 27.0 Å². The number of carbonyl (C=O) groups excluding carboxylic acids is 2. The van der Waals surface area contributed by atoms with Crippen LogP contribution in [0, 0.1) is 19.7 Å². The van der Waals surface area contributed by atoms with Crippen molar-refractivity contribution >= 4 is 29.0 Å². The van der Waals surface area contributed by atoms with E-state index in [0.29, 0.717) is 12.1 Å². The molecular formula is C25H19F8N3O2. The Morgan fingerprint density at radius 3 is 1.74 bits per heavy atom. The molecule has 0 heterocycles. The topological polar surface area (TPSA) is 70.2 Å². The number of nitrogens with one attached hydrogen (secondary N) is 3. The van der Waals surface area contributed by atoms with E-state index in [0.717, 1.165) is 19.9 Å². The summed E-state index contributed by atoms with van der Waals surface area (Å²) in [5.74, 6) is -1.50. The molecule has 0 atom stereocenters. The van der Waals surface area contributed by atoms with Gasteiger partial charge in [0.1, 0.15) is 5.82 Å². The van der Waals surface area contributed by atoms with Crippen molar-refractivity contribution in [3.63, 3.8) is 0 Å². The van der Waals surface area contributed by atoms with E-state index in [1.54, 1.807) is 0 Å². The largest absolute Gasteiger partial charge is 0.435 e. The van der Waals surface area contributed by atoms with Crippen LogP contribution in [0.4, 0.5) is 57.0 Å². The van der Waals surface area contributed by atoms with E-state index in [2.05, 4.69) is 16.0 Å². The number of halogens is 8. The van der Waals surface area contributed by atoms with Crippen molar-refractivity contribution in [2.75, 3.05) is 16.0 Å². The number of hydrogen-bond acceptors (Lipinski definition) is 2. The summed E-state index contributed by atoms with van der Waals surface area (Å²) in [6.07, 6.45) is -12.5. The van der Waals surface area contributed by atoms with Crippen molar-refractivity contribution in [2.45, 2.75) is 31.9 Å². The highest BCUT2D eigenvalue weighted by atomic mass is 19.4. The SMILES string of the molecule is Cc1cc(C(F)(C(F)(F)F)C(F)(F)F)cc(C)c1NC(=O)Nc1cccc(NC(=O)c2ccccc2F)c1. The molecule has 0 aliphatic rings. The lowest BCUT2D eigenvalue weighted by Gasteiger charge is -2.31. The first kappa shape index (κ1) is 28.4. The van der Waals surface area contributed by atoms with Gasteiger partial charge >= 0.3 is 24.1 Å². The molecule has 0 saturated heterocycles. The molecule has 202 valence electrons. The van der Waals surface area contributed by atoms with Gasteiger partial charge in [0.15, 0.2) is 0 Å². The second-order valence-electron chi connectivity index (χ2n) is 8.23. The van der Waals surface area contributed by atoms with E-state index in [1.807, 2.05) is 0 Å². The predicted octanol–water partition coefficient (Wildman–Crippen LogP) is 7.63. The first-order valence-corrected chi connectivity index (χ1v) is 10.7. The highest BCUT2D eigenvalue weighted by Crippen LogP contribution is 2.53. The van der Waals surface area contributed by atoms with E-state index in [9.17, 15) is 44.7 Å². The van der Waals surface area contributed by atoms with Gasteiger partial charge in [0.2, 0.25) is 0 Å². The van der Waals surface area contributed by atoms with Gasteiger partial charge in [-0.1, -0.05) is 30.3 Å². The van der Waals surface area contributed by atoms with Crippen LogP contribution in [0.25, 0.3) is 0 Å². The Kier molecular flexibility index (Phi) is 7.70. The van der Waals surface area contributed by atoms with Crippen molar-refractivity contribution in [1.82, 2.24) is 0 Å². The fourth-order valence-electron chi connectivity index (χ4n) is 3.64. The maximum absolute atomic E-state index is 14.4. The zero-order valence-corrected chi connectivity index (χ0v) is 19.6. The van der Waals surface area contributed by atoms with Crippen molar-refractivity contribution in [1.29, 1.82) is 0 Å². The van der Waals surface area contributed by atoms with E-state index in [1.165, 1.54) is 42.5 Å². The fourth-order valence-corrected chi connectivity index (χ4v) is 3.64. The molecule has 0 fully saturated rings. The van der Waals surface area contributed by atoms with Gasteiger partial charge in [-0.25, -0.2) is 13.6 Å². The number of rotatable bonds is 5. The molecular weight excluding hydrogens is 526 g/mol. The summed E-state index contributed by atoms with van der Waals surface area (Å²) < 4.78 is 107. The molecule has 13 heteroatoms. The zero-order chi connectivity index (χ0) is 28.5. The van der Waals surface area contributed by atoms with Gasteiger partial charge in [-0.3, -0.25) is 4.79 Å². The lowest BCUT2D eigenvalue weighted by atomic mass is 9.90. The van der Waals surface area contributed by atoms with Crippen molar-refractivity contribution in [3.05, 3.63) is 88.7 Å². The van der Waals surface area contributed by atoms with Crippen LogP contribution in [0.2, 0.25) is 0 Å². The molecule has 0 radical (unpaired) electrons. The molecule has 0 aromatic heterocycles. The molecule has 0 unspecified atom stereocenters. The standard InChI is InChI=1S/C25H19F8N3O2/c1-13-10-15(23(27,24(28,29)30)25(31,32)33)11-14(2)20(13)36-22(38)35-17-7-5-6-16(12-17)34-21(37)18-8-3-4-9-19(18)26/h3-12H,1-2H3,(H,34,37)(H2,35,36,38). The summed E-state index contributed by atoms with van der Waals surface area (Å²) in [6.45, 7) is 2.22. The number of urea groups is 1. The van der Waals surface area contributed by atoms with Gasteiger partial charge in [0.05, 0.1) is 5.56 Å². The van der Waals surface area contributed by atoms with Crippen LogP contribution in [0.3, 0.4) is 0 Å². The number of alkyl halides is 7. The Balaban J connectivity index is 1.78. The molecule has 3 rings (SSSR count). The molecule has 0 spiro atoms. The van der Waals surface area contributed by atoms with Crippen molar-refractivity contribution < 1.29 is 44.7 Å². The van der Waals surface area contributed by atoms with Crippen LogP contribution in [-0.2, 0) is 5.67 Å². The van der Waals surface area contributed by atoms with Gasteiger partial charge in [-0.15, -0.1) is 0 Å². The summed E-state index contributed by atoms with van der Waals surface area (Å²) in [5, 5.41) is 7.15. The highest BCUT2D eigenvalue weighted by molar-refractivity contribution is 6.05. The summed E-state index contributed by atoms with van der Waals surface area (Å²) >= 11 is 0. The van der Waals surface area contributed by atoms with Gasteiger partial charge < -0.3 is 16.0 Å². The maximum atomic E-state index is 14.4. The monoisotopic (exact) mass is 545 g/mol. The summed E-state index contributed by atoms with van der Waals surface area (Å²) in [7, 11) is 0. The van der Waals surface area contributed by atoms with E-state index >= 15 is 0 Å². The molecule has 3 amide bonds. The Bertz CT molecular complexity index is 1330. The summed E-state index contributed by atoms with van der Waals surface area (Å²) in [4.78, 5) is 24.8. The molecule has 0 aliphatic carbocycles. The van der Waals surface area contributed by atoms with Gasteiger partial charge in [-0.05, 0) is 55.3 Å². The summed E-state index contributed by atoms with van der Waals surface area (Å²) in [6, 6.07) is 10.7. The van der Waals surface area contributed by atoms with Crippen LogP contribution < -0.4 is 16.0 Å². The summed E-state index contributed by atoms with van der Waals surface area (Å²) in [5.41, 5.74) is -7.81. The fraction of sp³-hybridized carbons (Fsp3) is 0.200. The molecule has 38 heavy (non-hydrogen) atoms. The lowest BCUT2D eigenvalue weighted by Crippen LogP contribution is -2.50. The zero-order valence-electron chi connectivity index (χ0n) is 19.6. The number of aryl methyl sites for hydroxylation is 2. The second kappa shape index (κ2) is 10.3. The Morgan fingerprint density at radius 1 is 0.684 bits per heavy atom. The Labute approximate surface area is 210 Å². The van der Waals surface area contributed by atoms with Gasteiger partial charge in [-0.2, -0.15) is 26.3 Å². The first-order valence-electron chi connectivity index (χ1n) is 10.7. The minimum Gasteiger partial charge on any atom is -0.322 e. The number of benzene rings is 3. The average Bonchev–Trinajstić information content (AvgIpc) is 2.79. The Hall–Kier alpha value is -4.16. The normalized spacial score (nSPS) is 12.2. The number of hydrogen-bond donors (Lipinski definition) is 3. The van der Waals surface area contributed by atoms with Crippen LogP contribution in [0.15, 0.2) is 60.7 Å². The molecule has 3 aromatic rings. The second-order valence-corrected chi connectivity index (χ2v) is 8.23. The molecule has 3 aromatic carbocycles. The Morgan fingerprint density at radius 2 is 1.21 bits per heavy atom. The third-order valence-electron chi connectivity index (χ3n) is 5.45. The van der Waals surface area contributed by atoms with E-state index in [4.69, 9.17) is 0 Å². The molecule has 0 bridgehead atoms.